The molecule has 2 aromatic carbocycles. The van der Waals surface area contributed by atoms with Gasteiger partial charge in [0.25, 0.3) is 0 Å². The number of amidine groups is 1. The van der Waals surface area contributed by atoms with E-state index in [1.165, 1.54) is 0 Å². The topological polar surface area (TPSA) is 82.6 Å². The van der Waals surface area contributed by atoms with E-state index in [4.69, 9.17) is 21.3 Å². The van der Waals surface area contributed by atoms with Crippen molar-refractivity contribution in [3.05, 3.63) is 106 Å². The van der Waals surface area contributed by atoms with Crippen molar-refractivity contribution in [1.82, 2.24) is 20.4 Å². The summed E-state index contributed by atoms with van der Waals surface area (Å²) in [5.74, 6) is 0.871. The van der Waals surface area contributed by atoms with Crippen molar-refractivity contribution in [3.63, 3.8) is 0 Å². The van der Waals surface area contributed by atoms with Crippen LogP contribution in [0.25, 0.3) is 5.57 Å². The number of nitrogens with one attached hydrogen (secondary N) is 2. The van der Waals surface area contributed by atoms with Crippen LogP contribution in [-0.4, -0.2) is 32.6 Å². The molecule has 8 heteroatoms. The van der Waals surface area contributed by atoms with Crippen LogP contribution in [0.1, 0.15) is 81.4 Å². The number of aromatic nitrogens is 2. The average Bonchev–Trinajstić information content (AvgIpc) is 3.55. The quantitative estimate of drug-likeness (QED) is 0.344. The second-order valence-corrected chi connectivity index (χ2v) is 12.2. The fourth-order valence-corrected chi connectivity index (χ4v) is 6.08. The number of fused-ring (bicyclic) bond motifs is 1. The first-order chi connectivity index (χ1) is 19.2. The van der Waals surface area contributed by atoms with Crippen molar-refractivity contribution < 1.29 is 9.53 Å². The summed E-state index contributed by atoms with van der Waals surface area (Å²) >= 11 is 6.79. The molecule has 40 heavy (non-hydrogen) atoms. The molecule has 2 atom stereocenters. The smallest absolute Gasteiger partial charge is 0.408 e. The van der Waals surface area contributed by atoms with Gasteiger partial charge in [-0.3, -0.25) is 10.1 Å². The first-order valence-electron chi connectivity index (χ1n) is 13.8. The summed E-state index contributed by atoms with van der Waals surface area (Å²) in [4.78, 5) is 20.2. The van der Waals surface area contributed by atoms with E-state index in [-0.39, 0.29) is 18.2 Å². The molecule has 3 aliphatic rings. The highest BCUT2D eigenvalue weighted by Gasteiger charge is 2.43. The third kappa shape index (κ3) is 4.73. The first kappa shape index (κ1) is 26.4. The maximum Gasteiger partial charge on any atom is 0.408 e. The molecular formula is C32H34ClN5O2. The highest BCUT2D eigenvalue weighted by Crippen LogP contribution is 2.49. The molecule has 0 saturated heterocycles. The van der Waals surface area contributed by atoms with Crippen LogP contribution in [0.15, 0.2) is 88.7 Å². The van der Waals surface area contributed by atoms with Gasteiger partial charge in [0, 0.05) is 18.0 Å². The number of allylic oxidation sites excluding steroid dienone is 2. The number of ether oxygens (including phenoxy) is 1. The number of alkyl carbamates (subject to hydrolysis) is 1. The summed E-state index contributed by atoms with van der Waals surface area (Å²) in [6.07, 6.45) is 6.20. The molecule has 2 unspecified atom stereocenters. The monoisotopic (exact) mass is 555 g/mol. The lowest BCUT2D eigenvalue weighted by atomic mass is 9.71. The third-order valence-corrected chi connectivity index (χ3v) is 8.36. The summed E-state index contributed by atoms with van der Waals surface area (Å²) in [6.45, 7) is 7.66. The number of carbonyl (C=O) groups excluding carboxylic acids is 1. The molecule has 1 fully saturated rings. The van der Waals surface area contributed by atoms with Crippen LogP contribution < -0.4 is 5.32 Å². The molecule has 2 N–H and O–H groups in total. The number of halogens is 1. The van der Waals surface area contributed by atoms with Gasteiger partial charge in [-0.2, -0.15) is 5.10 Å². The molecule has 0 spiro atoms. The second kappa shape index (κ2) is 9.97. The Labute approximate surface area is 240 Å². The van der Waals surface area contributed by atoms with Crippen LogP contribution >= 0.6 is 11.6 Å². The van der Waals surface area contributed by atoms with Gasteiger partial charge in [-0.15, -0.1) is 0 Å². The van der Waals surface area contributed by atoms with E-state index in [1.807, 2.05) is 46.0 Å². The van der Waals surface area contributed by atoms with E-state index >= 15 is 0 Å². The Kier molecular flexibility index (Phi) is 6.57. The lowest BCUT2D eigenvalue weighted by Gasteiger charge is -2.43. The number of benzene rings is 2. The van der Waals surface area contributed by atoms with Crippen molar-refractivity contribution >= 4 is 29.1 Å². The Hall–Kier alpha value is -3.84. The van der Waals surface area contributed by atoms with Gasteiger partial charge in [0.15, 0.2) is 0 Å². The minimum Gasteiger partial charge on any atom is -0.444 e. The number of amides is 1. The first-order valence-corrected chi connectivity index (χ1v) is 14.1. The van der Waals surface area contributed by atoms with E-state index in [1.54, 1.807) is 6.20 Å². The van der Waals surface area contributed by atoms with Gasteiger partial charge in [0.2, 0.25) is 0 Å². The van der Waals surface area contributed by atoms with Gasteiger partial charge in [-0.25, -0.2) is 4.79 Å². The lowest BCUT2D eigenvalue weighted by molar-refractivity contribution is 0.0377. The molecule has 1 aromatic heterocycles. The van der Waals surface area contributed by atoms with Crippen molar-refractivity contribution in [2.24, 2.45) is 4.99 Å². The molecule has 3 heterocycles. The second-order valence-electron chi connectivity index (χ2n) is 11.8. The molecule has 206 valence electrons. The minimum atomic E-state index is -0.543. The van der Waals surface area contributed by atoms with Crippen LogP contribution in [0.2, 0.25) is 0 Å². The average molecular weight is 556 g/mol. The van der Waals surface area contributed by atoms with Gasteiger partial charge >= 0.3 is 6.09 Å². The van der Waals surface area contributed by atoms with Crippen LogP contribution in [0, 0.1) is 0 Å². The van der Waals surface area contributed by atoms with Crippen molar-refractivity contribution in [3.8, 4) is 0 Å². The summed E-state index contributed by atoms with van der Waals surface area (Å²) in [5.41, 5.74) is 5.20. The van der Waals surface area contributed by atoms with Gasteiger partial charge in [-0.05, 0) is 75.3 Å². The molecule has 3 aromatic rings. The van der Waals surface area contributed by atoms with Crippen molar-refractivity contribution in [1.29, 1.82) is 0 Å². The molecule has 1 amide bonds. The Bertz CT molecular complexity index is 1500. The van der Waals surface area contributed by atoms with E-state index in [0.29, 0.717) is 5.03 Å². The fourth-order valence-electron chi connectivity index (χ4n) is 5.88. The van der Waals surface area contributed by atoms with Gasteiger partial charge in [0.1, 0.15) is 17.5 Å². The zero-order chi connectivity index (χ0) is 28.1. The number of rotatable bonds is 5. The summed E-state index contributed by atoms with van der Waals surface area (Å²) < 4.78 is 5.57. The highest BCUT2D eigenvalue weighted by atomic mass is 35.5. The molecule has 0 bridgehead atoms. The Balaban J connectivity index is 1.37. The zero-order valence-electron chi connectivity index (χ0n) is 23.2. The number of hydrogen-bond donors (Lipinski definition) is 2. The van der Waals surface area contributed by atoms with Gasteiger partial charge in [-0.1, -0.05) is 66.2 Å². The number of carbonyl (C=O) groups is 1. The molecule has 7 nitrogen and oxygen atoms in total. The van der Waals surface area contributed by atoms with Crippen LogP contribution in [0.4, 0.5) is 4.79 Å². The zero-order valence-corrected chi connectivity index (χ0v) is 24.0. The molecule has 1 aliphatic carbocycles. The summed E-state index contributed by atoms with van der Waals surface area (Å²) in [5, 5.41) is 11.1. The van der Waals surface area contributed by atoms with Gasteiger partial charge < -0.3 is 15.0 Å². The molecule has 6 rings (SSSR count). The maximum atomic E-state index is 12.7. The van der Waals surface area contributed by atoms with E-state index in [2.05, 4.69) is 68.9 Å². The number of aromatic amines is 1. The maximum absolute atomic E-state index is 12.7. The van der Waals surface area contributed by atoms with E-state index in [9.17, 15) is 4.79 Å². The largest absolute Gasteiger partial charge is 0.444 e. The van der Waals surface area contributed by atoms with Crippen molar-refractivity contribution in [2.75, 3.05) is 0 Å². The lowest BCUT2D eigenvalue weighted by Crippen LogP contribution is -2.52. The van der Waals surface area contributed by atoms with Crippen LogP contribution in [0.5, 0.6) is 0 Å². The summed E-state index contributed by atoms with van der Waals surface area (Å²) in [6, 6.07) is 20.7. The van der Waals surface area contributed by atoms with Crippen molar-refractivity contribution in [2.45, 2.75) is 70.2 Å². The third-order valence-electron chi connectivity index (χ3n) is 7.98. The van der Waals surface area contributed by atoms with E-state index < -0.39 is 11.1 Å². The Morgan fingerprint density at radius 1 is 1.07 bits per heavy atom. The minimum absolute atomic E-state index is 0.0700. The number of aliphatic imine (C=N–C) groups is 1. The highest BCUT2D eigenvalue weighted by molar-refractivity contribution is 6.37. The number of H-pyrrole nitrogens is 1. The van der Waals surface area contributed by atoms with Crippen LogP contribution in [-0.2, 0) is 10.3 Å². The number of nitrogens with zero attached hydrogens (tertiary/aromatic N) is 3. The number of hydrogen-bond acceptors (Lipinski definition) is 5. The normalized spacial score (nSPS) is 21.8. The fraction of sp³-hybridized carbons (Fsp3) is 0.344. The Morgan fingerprint density at radius 3 is 2.40 bits per heavy atom. The predicted molar refractivity (Wildman–Crippen MR) is 158 cm³/mol. The van der Waals surface area contributed by atoms with Gasteiger partial charge in [0.05, 0.1) is 22.3 Å². The van der Waals surface area contributed by atoms with Crippen LogP contribution in [0.3, 0.4) is 0 Å². The SMILES string of the molecule is CC1=C(c2ccn[nH]2)C2=NC(c3ccc(C4(NC(=O)OC(C)(C)C)CCC4)cc3)C(c3ccccc3)N2C=C1Cl. The Morgan fingerprint density at radius 2 is 1.80 bits per heavy atom. The molecule has 2 aliphatic heterocycles. The predicted octanol–water partition coefficient (Wildman–Crippen LogP) is 7.38. The molecule has 1 saturated carbocycles. The molecular weight excluding hydrogens is 522 g/mol. The summed E-state index contributed by atoms with van der Waals surface area (Å²) in [7, 11) is 0. The molecule has 0 radical (unpaired) electrons. The standard InChI is InChI=1S/C32H34ClN5O2/c1-20-24(33)19-38-28(22-9-6-5-7-10-22)27(35-29(38)26(20)25-15-18-34-37-25)21-11-13-23(14-12-21)32(16-8-17-32)36-30(39)40-31(2,3)4/h5-7,9-15,18-19,27-28H,8,16-17H2,1-4H3,(H,34,37)(H,36,39). The van der Waals surface area contributed by atoms with E-state index in [0.717, 1.165) is 58.6 Å².